The van der Waals surface area contributed by atoms with Crippen molar-refractivity contribution in [3.63, 3.8) is 0 Å². The minimum absolute atomic E-state index is 0.0419. The van der Waals surface area contributed by atoms with E-state index >= 15 is 0 Å². The predicted octanol–water partition coefficient (Wildman–Crippen LogP) is 3.46. The van der Waals surface area contributed by atoms with E-state index in [-0.39, 0.29) is 5.91 Å². The van der Waals surface area contributed by atoms with Gasteiger partial charge in [-0.3, -0.25) is 4.79 Å². The van der Waals surface area contributed by atoms with Gasteiger partial charge in [-0.15, -0.1) is 11.3 Å². The highest BCUT2D eigenvalue weighted by Gasteiger charge is 2.36. The largest absolute Gasteiger partial charge is 0.352 e. The van der Waals surface area contributed by atoms with E-state index in [2.05, 4.69) is 29.4 Å². The third-order valence-corrected chi connectivity index (χ3v) is 5.94. The van der Waals surface area contributed by atoms with Crippen LogP contribution in [-0.2, 0) is 0 Å². The monoisotopic (exact) mass is 332 g/mol. The maximum Gasteiger partial charge on any atom is 0.251 e. The number of hydrogen-bond donors (Lipinski definition) is 1. The quantitative estimate of drug-likeness (QED) is 0.867. The first-order valence-electron chi connectivity index (χ1n) is 7.47. The van der Waals surface area contributed by atoms with E-state index in [1.165, 1.54) is 16.9 Å². The van der Waals surface area contributed by atoms with Crippen molar-refractivity contribution in [1.82, 2.24) is 10.2 Å². The predicted molar refractivity (Wildman–Crippen MR) is 90.8 cm³/mol. The van der Waals surface area contributed by atoms with Gasteiger partial charge in [0.25, 0.3) is 5.91 Å². The molecule has 1 aromatic carbocycles. The molecule has 2 aliphatic heterocycles. The van der Waals surface area contributed by atoms with E-state index in [1.54, 1.807) is 0 Å². The number of carbonyl (C=O) groups is 1. The normalized spacial score (nSPS) is 24.5. The molecule has 0 bridgehead atoms. The van der Waals surface area contributed by atoms with Crippen LogP contribution in [0.25, 0.3) is 11.1 Å². The third-order valence-electron chi connectivity index (χ3n) is 4.77. The zero-order chi connectivity index (χ0) is 15.3. The van der Waals surface area contributed by atoms with Crippen molar-refractivity contribution in [2.75, 3.05) is 26.7 Å². The first-order valence-corrected chi connectivity index (χ1v) is 8.73. The molecule has 5 heteroatoms. The van der Waals surface area contributed by atoms with Gasteiger partial charge in [0.15, 0.2) is 0 Å². The lowest BCUT2D eigenvalue weighted by molar-refractivity contribution is 0.0951. The first-order chi connectivity index (χ1) is 10.6. The Labute approximate surface area is 138 Å². The second kappa shape index (κ2) is 5.37. The van der Waals surface area contributed by atoms with E-state index < -0.39 is 0 Å². The number of benzene rings is 1. The maximum atomic E-state index is 12.5. The van der Waals surface area contributed by atoms with Crippen LogP contribution in [0.4, 0.5) is 0 Å². The Bertz CT molecular complexity index is 742. The van der Waals surface area contributed by atoms with E-state index in [4.69, 9.17) is 11.6 Å². The molecule has 1 amide bonds. The lowest BCUT2D eigenvalue weighted by Crippen LogP contribution is -2.29. The van der Waals surface area contributed by atoms with Gasteiger partial charge in [-0.1, -0.05) is 23.7 Å². The Morgan fingerprint density at radius 3 is 2.91 bits per heavy atom. The number of halogens is 1. The topological polar surface area (TPSA) is 32.3 Å². The van der Waals surface area contributed by atoms with Crippen LogP contribution < -0.4 is 5.32 Å². The average molecular weight is 333 g/mol. The molecule has 0 aliphatic carbocycles. The average Bonchev–Trinajstić information content (AvgIpc) is 3.07. The minimum Gasteiger partial charge on any atom is -0.352 e. The van der Waals surface area contributed by atoms with Crippen molar-refractivity contribution in [3.8, 4) is 11.1 Å². The number of likely N-dealkylation sites (tertiary alicyclic amines) is 1. The van der Waals surface area contributed by atoms with Crippen LogP contribution in [0, 0.1) is 5.92 Å². The molecule has 0 spiro atoms. The number of nitrogens with zero attached hydrogens (tertiary/aromatic N) is 1. The van der Waals surface area contributed by atoms with Crippen LogP contribution in [0.1, 0.15) is 21.8 Å². The molecule has 0 radical (unpaired) electrons. The summed E-state index contributed by atoms with van der Waals surface area (Å²) >= 11 is 7.76. The summed E-state index contributed by atoms with van der Waals surface area (Å²) in [6.07, 6.45) is 0. The van der Waals surface area contributed by atoms with Crippen LogP contribution in [0.3, 0.4) is 0 Å². The third kappa shape index (κ3) is 2.26. The molecule has 0 unspecified atom stereocenters. The number of amides is 1. The molecule has 2 atom stereocenters. The molecule has 3 heterocycles. The molecular formula is C17H17ClN2OS. The number of hydrogen-bond acceptors (Lipinski definition) is 3. The zero-order valence-corrected chi connectivity index (χ0v) is 13.9. The van der Waals surface area contributed by atoms with Crippen molar-refractivity contribution in [2.45, 2.75) is 5.92 Å². The Morgan fingerprint density at radius 1 is 1.27 bits per heavy atom. The first kappa shape index (κ1) is 14.2. The summed E-state index contributed by atoms with van der Waals surface area (Å²) < 4.78 is 0.771. The maximum absolute atomic E-state index is 12.5. The van der Waals surface area contributed by atoms with Gasteiger partial charge in [0.05, 0.1) is 0 Å². The van der Waals surface area contributed by atoms with Crippen LogP contribution in [0.5, 0.6) is 0 Å². The fraction of sp³-hybridized carbons (Fsp3) is 0.353. The summed E-state index contributed by atoms with van der Waals surface area (Å²) in [7, 11) is 2.15. The standard InChI is InChI=1S/C17H17ClN2OS/c1-20-8-11-7-19-17(21)14-6-10(12-4-5-22-16(12)18)2-3-13(14)15(11)9-20/h2-6,11,15H,7-9H2,1H3,(H,19,21)/t11-,15-/m0/s1. The highest BCUT2D eigenvalue weighted by atomic mass is 35.5. The van der Waals surface area contributed by atoms with Crippen molar-refractivity contribution >= 4 is 28.8 Å². The molecule has 114 valence electrons. The lowest BCUT2D eigenvalue weighted by Gasteiger charge is -2.16. The molecule has 1 fully saturated rings. The zero-order valence-electron chi connectivity index (χ0n) is 12.3. The van der Waals surface area contributed by atoms with Crippen LogP contribution in [-0.4, -0.2) is 37.5 Å². The van der Waals surface area contributed by atoms with Crippen molar-refractivity contribution in [1.29, 1.82) is 0 Å². The number of nitrogens with one attached hydrogen (secondary N) is 1. The van der Waals surface area contributed by atoms with Crippen molar-refractivity contribution in [3.05, 3.63) is 45.1 Å². The molecule has 1 saturated heterocycles. The Hall–Kier alpha value is -1.36. The molecule has 2 aliphatic rings. The molecule has 2 aromatic rings. The van der Waals surface area contributed by atoms with Gasteiger partial charge < -0.3 is 10.2 Å². The summed E-state index contributed by atoms with van der Waals surface area (Å²) in [5, 5.41) is 5.06. The van der Waals surface area contributed by atoms with Crippen molar-refractivity contribution in [2.24, 2.45) is 5.92 Å². The Balaban J connectivity index is 1.82. The van der Waals surface area contributed by atoms with Gasteiger partial charge >= 0.3 is 0 Å². The molecule has 0 saturated carbocycles. The fourth-order valence-corrected chi connectivity index (χ4v) is 4.67. The van der Waals surface area contributed by atoms with Crippen LogP contribution in [0.15, 0.2) is 29.6 Å². The van der Waals surface area contributed by atoms with E-state index in [0.717, 1.165) is 40.7 Å². The van der Waals surface area contributed by atoms with Gasteiger partial charge in [0.2, 0.25) is 0 Å². The highest BCUT2D eigenvalue weighted by Crippen LogP contribution is 2.39. The summed E-state index contributed by atoms with van der Waals surface area (Å²) in [6.45, 7) is 2.82. The van der Waals surface area contributed by atoms with E-state index in [0.29, 0.717) is 11.8 Å². The summed E-state index contributed by atoms with van der Waals surface area (Å²) in [4.78, 5) is 14.8. The molecular weight excluding hydrogens is 316 g/mol. The van der Waals surface area contributed by atoms with E-state index in [1.807, 2.05) is 17.5 Å². The highest BCUT2D eigenvalue weighted by molar-refractivity contribution is 7.15. The number of thiophene rings is 1. The second-order valence-electron chi connectivity index (χ2n) is 6.21. The smallest absolute Gasteiger partial charge is 0.251 e. The molecule has 3 nitrogen and oxygen atoms in total. The summed E-state index contributed by atoms with van der Waals surface area (Å²) in [5.41, 5.74) is 4.01. The van der Waals surface area contributed by atoms with Gasteiger partial charge in [0.1, 0.15) is 4.34 Å². The van der Waals surface area contributed by atoms with Crippen molar-refractivity contribution < 1.29 is 4.79 Å². The number of fused-ring (bicyclic) bond motifs is 3. The van der Waals surface area contributed by atoms with Crippen LogP contribution >= 0.6 is 22.9 Å². The Morgan fingerprint density at radius 2 is 2.14 bits per heavy atom. The number of rotatable bonds is 1. The van der Waals surface area contributed by atoms with Gasteiger partial charge in [-0.2, -0.15) is 0 Å². The Kier molecular flexibility index (Phi) is 3.48. The van der Waals surface area contributed by atoms with Gasteiger partial charge in [-0.25, -0.2) is 0 Å². The summed E-state index contributed by atoms with van der Waals surface area (Å²) in [5.74, 6) is 0.983. The summed E-state index contributed by atoms with van der Waals surface area (Å²) in [6, 6.07) is 8.23. The van der Waals surface area contributed by atoms with Gasteiger partial charge in [-0.05, 0) is 41.6 Å². The minimum atomic E-state index is 0.0419. The SMILES string of the molecule is CN1C[C@@H]2CNC(=O)c3cc(-c4ccsc4Cl)ccc3[C@H]2C1. The molecule has 1 aromatic heterocycles. The molecule has 4 rings (SSSR count). The molecule has 22 heavy (non-hydrogen) atoms. The molecule has 1 N–H and O–H groups in total. The number of likely N-dealkylation sites (N-methyl/N-ethyl adjacent to an activating group) is 1. The number of carbonyl (C=O) groups excluding carboxylic acids is 1. The van der Waals surface area contributed by atoms with Gasteiger partial charge in [0, 0.05) is 36.7 Å². The lowest BCUT2D eigenvalue weighted by atomic mass is 9.86. The second-order valence-corrected chi connectivity index (χ2v) is 7.73. The van der Waals surface area contributed by atoms with E-state index in [9.17, 15) is 4.79 Å². The van der Waals surface area contributed by atoms with Crippen LogP contribution in [0.2, 0.25) is 4.34 Å². The fourth-order valence-electron chi connectivity index (χ4n) is 3.71.